The molecule has 0 spiro atoms. The Morgan fingerprint density at radius 2 is 1.90 bits per heavy atom. The molecule has 1 aromatic carbocycles. The molecule has 0 unspecified atom stereocenters. The third-order valence-electron chi connectivity index (χ3n) is 4.02. The summed E-state index contributed by atoms with van der Waals surface area (Å²) < 4.78 is 37.7. The number of thiazole rings is 1. The topological polar surface area (TPSA) is 69.6 Å². The molecule has 10 heteroatoms. The SMILES string of the molecule is CN=C(NCCC(=O)N(C)Cc1ccccc1)NCCc1nc(C(F)(F)F)cs1. The van der Waals surface area contributed by atoms with Gasteiger partial charge in [0.2, 0.25) is 5.91 Å². The predicted octanol–water partition coefficient (Wildman–Crippen LogP) is 2.92. The minimum absolute atomic E-state index is 0.000674. The van der Waals surface area contributed by atoms with Gasteiger partial charge in [0, 0.05) is 52.0 Å². The summed E-state index contributed by atoms with van der Waals surface area (Å²) in [6.07, 6.45) is -3.77. The van der Waals surface area contributed by atoms with Crippen molar-refractivity contribution in [2.45, 2.75) is 25.6 Å². The summed E-state index contributed by atoms with van der Waals surface area (Å²) >= 11 is 0.980. The Hall–Kier alpha value is -2.62. The van der Waals surface area contributed by atoms with Crippen LogP contribution in [0, 0.1) is 0 Å². The van der Waals surface area contributed by atoms with Gasteiger partial charge in [0.1, 0.15) is 0 Å². The lowest BCUT2D eigenvalue weighted by Crippen LogP contribution is -2.40. The minimum Gasteiger partial charge on any atom is -0.356 e. The van der Waals surface area contributed by atoms with Gasteiger partial charge in [0.05, 0.1) is 5.01 Å². The van der Waals surface area contributed by atoms with E-state index in [2.05, 4.69) is 20.6 Å². The van der Waals surface area contributed by atoms with Crippen molar-refractivity contribution in [1.82, 2.24) is 20.5 Å². The summed E-state index contributed by atoms with van der Waals surface area (Å²) in [5, 5.41) is 7.45. The van der Waals surface area contributed by atoms with E-state index in [9.17, 15) is 18.0 Å². The molecule has 29 heavy (non-hydrogen) atoms. The number of alkyl halides is 3. The predicted molar refractivity (Wildman–Crippen MR) is 108 cm³/mol. The molecule has 2 rings (SSSR count). The molecule has 2 N–H and O–H groups in total. The van der Waals surface area contributed by atoms with E-state index in [1.165, 1.54) is 0 Å². The Labute approximate surface area is 171 Å². The molecule has 0 saturated heterocycles. The maximum absolute atomic E-state index is 12.6. The average Bonchev–Trinajstić information content (AvgIpc) is 3.17. The van der Waals surface area contributed by atoms with Crippen LogP contribution in [0.25, 0.3) is 0 Å². The Kier molecular flexibility index (Phi) is 8.44. The molecule has 1 heterocycles. The van der Waals surface area contributed by atoms with E-state index >= 15 is 0 Å². The highest BCUT2D eigenvalue weighted by molar-refractivity contribution is 7.09. The lowest BCUT2D eigenvalue weighted by Gasteiger charge is -2.18. The molecule has 1 amide bonds. The number of nitrogens with zero attached hydrogens (tertiary/aromatic N) is 3. The van der Waals surface area contributed by atoms with Gasteiger partial charge in [0.15, 0.2) is 11.7 Å². The van der Waals surface area contributed by atoms with E-state index in [1.807, 2.05) is 30.3 Å². The first-order chi connectivity index (χ1) is 13.8. The molecule has 0 aliphatic carbocycles. The van der Waals surface area contributed by atoms with Gasteiger partial charge in [-0.3, -0.25) is 9.79 Å². The zero-order valence-corrected chi connectivity index (χ0v) is 17.1. The molecule has 2 aromatic rings. The van der Waals surface area contributed by atoms with Gasteiger partial charge in [-0.05, 0) is 5.56 Å². The molecule has 0 aliphatic heterocycles. The molecule has 0 atom stereocenters. The van der Waals surface area contributed by atoms with E-state index in [0.717, 1.165) is 22.3 Å². The van der Waals surface area contributed by atoms with Crippen molar-refractivity contribution < 1.29 is 18.0 Å². The number of rotatable bonds is 8. The normalized spacial score (nSPS) is 12.0. The fourth-order valence-corrected chi connectivity index (χ4v) is 3.29. The Morgan fingerprint density at radius 3 is 2.52 bits per heavy atom. The van der Waals surface area contributed by atoms with Gasteiger partial charge in [0.25, 0.3) is 0 Å². The van der Waals surface area contributed by atoms with Gasteiger partial charge in [-0.2, -0.15) is 13.2 Å². The fourth-order valence-electron chi connectivity index (χ4n) is 2.49. The maximum Gasteiger partial charge on any atom is 0.434 e. The van der Waals surface area contributed by atoms with E-state index < -0.39 is 11.9 Å². The second-order valence-electron chi connectivity index (χ2n) is 6.29. The molecule has 0 bridgehead atoms. The van der Waals surface area contributed by atoms with Crippen molar-refractivity contribution in [3.8, 4) is 0 Å². The molecule has 6 nitrogen and oxygen atoms in total. The molecule has 158 valence electrons. The lowest BCUT2D eigenvalue weighted by atomic mass is 10.2. The highest BCUT2D eigenvalue weighted by Crippen LogP contribution is 2.29. The second-order valence-corrected chi connectivity index (χ2v) is 7.23. The first-order valence-corrected chi connectivity index (χ1v) is 9.91. The van der Waals surface area contributed by atoms with Crippen molar-refractivity contribution in [3.63, 3.8) is 0 Å². The van der Waals surface area contributed by atoms with Gasteiger partial charge in [-0.25, -0.2) is 4.98 Å². The monoisotopic (exact) mass is 427 g/mol. The molecule has 0 fully saturated rings. The zero-order chi connectivity index (χ0) is 21.3. The standard InChI is InChI=1S/C19H24F3N5OS/c1-23-18(24-10-8-16-26-15(13-29-16)19(20,21)22)25-11-9-17(28)27(2)12-14-6-4-3-5-7-14/h3-7,13H,8-12H2,1-2H3,(H2,23,24,25). The van der Waals surface area contributed by atoms with E-state index in [1.54, 1.807) is 19.0 Å². The Bertz CT molecular complexity index is 808. The molecular formula is C19H24F3N5OS. The number of carbonyl (C=O) groups excluding carboxylic acids is 1. The van der Waals surface area contributed by atoms with E-state index in [-0.39, 0.29) is 5.91 Å². The number of hydrogen-bond donors (Lipinski definition) is 2. The Balaban J connectivity index is 1.68. The summed E-state index contributed by atoms with van der Waals surface area (Å²) in [5.41, 5.74) is 0.197. The number of nitrogens with one attached hydrogen (secondary N) is 2. The number of guanidine groups is 1. The average molecular weight is 427 g/mol. The summed E-state index contributed by atoms with van der Waals surface area (Å²) in [6.45, 7) is 1.32. The zero-order valence-electron chi connectivity index (χ0n) is 16.3. The number of aliphatic imine (C=N–C) groups is 1. The van der Waals surface area contributed by atoms with E-state index in [0.29, 0.717) is 43.4 Å². The fraction of sp³-hybridized carbons (Fsp3) is 0.421. The number of halogens is 3. The lowest BCUT2D eigenvalue weighted by molar-refractivity contribution is -0.140. The number of aromatic nitrogens is 1. The number of amides is 1. The first kappa shape index (κ1) is 22.7. The molecule has 0 aliphatic rings. The Morgan fingerprint density at radius 1 is 1.21 bits per heavy atom. The highest BCUT2D eigenvalue weighted by Gasteiger charge is 2.33. The highest BCUT2D eigenvalue weighted by atomic mass is 32.1. The number of hydrogen-bond acceptors (Lipinski definition) is 4. The summed E-state index contributed by atoms with van der Waals surface area (Å²) in [4.78, 5) is 21.5. The van der Waals surface area contributed by atoms with Crippen LogP contribution >= 0.6 is 11.3 Å². The van der Waals surface area contributed by atoms with Crippen LogP contribution < -0.4 is 10.6 Å². The van der Waals surface area contributed by atoms with Crippen LogP contribution in [-0.2, 0) is 23.9 Å². The summed E-state index contributed by atoms with van der Waals surface area (Å²) in [7, 11) is 3.34. The van der Waals surface area contributed by atoms with E-state index in [4.69, 9.17) is 0 Å². The largest absolute Gasteiger partial charge is 0.434 e. The molecule has 0 radical (unpaired) electrons. The number of benzene rings is 1. The number of carbonyl (C=O) groups is 1. The third kappa shape index (κ3) is 7.72. The van der Waals surface area contributed by atoms with Crippen LogP contribution in [-0.4, -0.2) is 48.9 Å². The van der Waals surface area contributed by atoms with Crippen LogP contribution in [0.5, 0.6) is 0 Å². The second kappa shape index (κ2) is 10.8. The van der Waals surface area contributed by atoms with Gasteiger partial charge in [-0.1, -0.05) is 30.3 Å². The molecular weight excluding hydrogens is 403 g/mol. The maximum atomic E-state index is 12.6. The minimum atomic E-state index is -4.42. The smallest absolute Gasteiger partial charge is 0.356 e. The van der Waals surface area contributed by atoms with Crippen LogP contribution in [0.1, 0.15) is 22.7 Å². The summed E-state index contributed by atoms with van der Waals surface area (Å²) in [5.74, 6) is 0.482. The van der Waals surface area contributed by atoms with Crippen molar-refractivity contribution in [3.05, 3.63) is 52.0 Å². The van der Waals surface area contributed by atoms with Crippen LogP contribution in [0.2, 0.25) is 0 Å². The van der Waals surface area contributed by atoms with Crippen LogP contribution in [0.3, 0.4) is 0 Å². The summed E-state index contributed by atoms with van der Waals surface area (Å²) in [6, 6.07) is 9.72. The van der Waals surface area contributed by atoms with Crippen molar-refractivity contribution >= 4 is 23.2 Å². The third-order valence-corrected chi connectivity index (χ3v) is 4.93. The van der Waals surface area contributed by atoms with Crippen molar-refractivity contribution in [1.29, 1.82) is 0 Å². The molecule has 1 aromatic heterocycles. The van der Waals surface area contributed by atoms with Gasteiger partial charge < -0.3 is 15.5 Å². The van der Waals surface area contributed by atoms with Crippen molar-refractivity contribution in [2.24, 2.45) is 4.99 Å². The van der Waals surface area contributed by atoms with Crippen LogP contribution in [0.15, 0.2) is 40.7 Å². The van der Waals surface area contributed by atoms with Crippen molar-refractivity contribution in [2.75, 3.05) is 27.2 Å². The van der Waals surface area contributed by atoms with Gasteiger partial charge in [-0.15, -0.1) is 11.3 Å². The van der Waals surface area contributed by atoms with Gasteiger partial charge >= 0.3 is 6.18 Å². The quantitative estimate of drug-likeness (QED) is 0.502. The van der Waals surface area contributed by atoms with Crippen LogP contribution in [0.4, 0.5) is 13.2 Å². The first-order valence-electron chi connectivity index (χ1n) is 9.03. The molecule has 0 saturated carbocycles.